The van der Waals surface area contributed by atoms with Crippen molar-refractivity contribution in [3.05, 3.63) is 0 Å². The Morgan fingerprint density at radius 1 is 0.362 bits per heavy atom. The van der Waals surface area contributed by atoms with Crippen LogP contribution in [0.5, 0.6) is 0 Å². The van der Waals surface area contributed by atoms with Crippen molar-refractivity contribution >= 4 is 88.7 Å². The lowest BCUT2D eigenvalue weighted by Gasteiger charge is -2.30. The number of nitrogens with one attached hydrogen (secondary N) is 10. The number of nitrogens with zero attached hydrogens (tertiary/aromatic N) is 1. The van der Waals surface area contributed by atoms with Gasteiger partial charge < -0.3 is 114 Å². The van der Waals surface area contributed by atoms with Crippen LogP contribution in [0.1, 0.15) is 158 Å². The fourth-order valence-corrected chi connectivity index (χ4v) is 9.22. The SMILES string of the molecule is CC(C)C[C@H](NC(=O)[C@H](CC(C)C)NC(=O)[C@@H](NC(=O)[C@@H](NC(=O)[C@@H](NC(=O)[C@H](CCC(N)=O)NC(=O)[C@H](CCC(N)=O)NC(=O)[C@H](CCCCN)NC(=O)[C@H](CCCCN)NC(=O)[C@H](CCC(N)=O)NC(=O)[C@@H](N)CCCN=C(N)N)[C@@H](C)O)C(C)C)[C@@H](C)O)C(=O)O. The van der Waals surface area contributed by atoms with E-state index in [0.717, 1.165) is 13.8 Å². The number of hydrogen-bond donors (Lipinski definition) is 21. The van der Waals surface area contributed by atoms with Crippen LogP contribution in [0, 0.1) is 17.8 Å². The third-order valence-electron chi connectivity index (χ3n) is 14.4. The van der Waals surface area contributed by atoms with Crippen molar-refractivity contribution in [3.63, 3.8) is 0 Å². The number of aliphatic hydroxyl groups is 2. The molecule has 0 unspecified atom stereocenters. The van der Waals surface area contributed by atoms with Crippen molar-refractivity contribution in [1.82, 2.24) is 53.2 Å². The fourth-order valence-electron chi connectivity index (χ4n) is 9.22. The standard InChI is InChI=1S/C58H107N19O17/c1-28(2)26-39(53(89)74-40(57(93)94)27-29(3)4)73-55(91)45(31(7)78)77-54(90)44(30(5)6)75-56(92)46(32(8)79)76-52(88)38(19-22-43(64)82)72-51(87)37(18-21-42(63)81)71-49(85)35(16-10-12-24-60)69-48(84)34(15-9-11-23-59)70-50(86)36(17-20-41(62)80)68-47(83)33(61)14-13-25-67-58(65)66/h28-40,44-46,78-79H,9-27,59-61H2,1-8H3,(H2,62,80)(H2,63,81)(H2,64,82)(H,68,83)(H,69,84)(H,70,86)(H,71,85)(H,72,87)(H,73,91)(H,74,89)(H,75,92)(H,76,88)(H,77,90)(H,93,94)(H4,65,66,67)/t31-,32-,33+,34+,35+,36+,37+,38+,39+,40+,44+,45+,46+/m1/s1. The van der Waals surface area contributed by atoms with Gasteiger partial charge in [-0.25, -0.2) is 4.79 Å². The summed E-state index contributed by atoms with van der Waals surface area (Å²) in [6, 6.07) is -16.9. The normalized spacial score (nSPS) is 15.4. The molecule has 0 rings (SSSR count). The first kappa shape index (κ1) is 85.7. The van der Waals surface area contributed by atoms with Crippen molar-refractivity contribution in [2.45, 2.75) is 237 Å². The van der Waals surface area contributed by atoms with E-state index < -0.39 is 193 Å². The van der Waals surface area contributed by atoms with Gasteiger partial charge in [0.2, 0.25) is 76.8 Å². The molecule has 0 aromatic carbocycles. The number of aliphatic hydroxyl groups excluding tert-OH is 2. The molecule has 0 saturated carbocycles. The molecular formula is C58H107N19O17. The van der Waals surface area contributed by atoms with Crippen LogP contribution in [-0.2, 0) is 67.1 Å². The van der Waals surface area contributed by atoms with Crippen LogP contribution in [0.4, 0.5) is 0 Å². The van der Waals surface area contributed by atoms with Crippen LogP contribution >= 0.6 is 0 Å². The lowest BCUT2D eigenvalue weighted by Crippen LogP contribution is -2.63. The number of hydrogen-bond acceptors (Lipinski definition) is 20. The van der Waals surface area contributed by atoms with E-state index in [0.29, 0.717) is 12.8 Å². The van der Waals surface area contributed by atoms with E-state index in [1.807, 2.05) is 0 Å². The summed E-state index contributed by atoms with van der Waals surface area (Å²) in [5.41, 5.74) is 44.5. The van der Waals surface area contributed by atoms with Crippen LogP contribution in [0.25, 0.3) is 0 Å². The third kappa shape index (κ3) is 35.1. The second-order valence-electron chi connectivity index (χ2n) is 24.3. The zero-order chi connectivity index (χ0) is 72.1. The lowest BCUT2D eigenvalue weighted by molar-refractivity contribution is -0.143. The Kier molecular flexibility index (Phi) is 41.1. The van der Waals surface area contributed by atoms with Crippen molar-refractivity contribution < 1.29 is 82.4 Å². The molecule has 0 aliphatic carbocycles. The predicted octanol–water partition coefficient (Wildman–Crippen LogP) is -7.14. The number of carbonyl (C=O) groups excluding carboxylic acids is 13. The summed E-state index contributed by atoms with van der Waals surface area (Å²) in [7, 11) is 0. The maximum absolute atomic E-state index is 14.3. The van der Waals surface area contributed by atoms with Gasteiger partial charge in [0.25, 0.3) is 0 Å². The number of rotatable bonds is 49. The summed E-state index contributed by atoms with van der Waals surface area (Å²) in [5.74, 6) is -15.6. The molecule has 0 spiro atoms. The first-order valence-electron chi connectivity index (χ1n) is 31.6. The van der Waals surface area contributed by atoms with E-state index in [9.17, 15) is 82.4 Å². The van der Waals surface area contributed by atoms with Gasteiger partial charge in [-0.15, -0.1) is 0 Å². The molecule has 94 heavy (non-hydrogen) atoms. The van der Waals surface area contributed by atoms with Crippen LogP contribution < -0.4 is 99.0 Å². The Bertz CT molecular complexity index is 2550. The molecule has 36 nitrogen and oxygen atoms in total. The summed E-state index contributed by atoms with van der Waals surface area (Å²) in [6.45, 7) is 12.7. The van der Waals surface area contributed by atoms with E-state index in [1.54, 1.807) is 27.7 Å². The van der Waals surface area contributed by atoms with Gasteiger partial charge in [0.1, 0.15) is 60.4 Å². The summed E-state index contributed by atoms with van der Waals surface area (Å²) in [5, 5.41) is 55.8. The summed E-state index contributed by atoms with van der Waals surface area (Å²) in [4.78, 5) is 191. The molecule has 0 heterocycles. The summed E-state index contributed by atoms with van der Waals surface area (Å²) < 4.78 is 0. The molecule has 0 aliphatic heterocycles. The second-order valence-corrected chi connectivity index (χ2v) is 24.3. The molecule has 0 aromatic heterocycles. The number of carbonyl (C=O) groups is 14. The highest BCUT2D eigenvalue weighted by molar-refractivity contribution is 5.99. The topological polar surface area (TPSA) is 640 Å². The quantitative estimate of drug-likeness (QED) is 0.0153. The number of guanidine groups is 1. The Labute approximate surface area is 547 Å². The lowest BCUT2D eigenvalue weighted by atomic mass is 9.99. The molecule has 29 N–H and O–H groups in total. The van der Waals surface area contributed by atoms with Gasteiger partial charge in [-0.1, -0.05) is 41.5 Å². The number of carboxylic acids is 1. The molecule has 0 radical (unpaired) electrons. The van der Waals surface area contributed by atoms with Crippen molar-refractivity contribution in [2.75, 3.05) is 19.6 Å². The molecule has 536 valence electrons. The molecular weight excluding hydrogens is 1230 g/mol. The molecule has 0 fully saturated rings. The molecule has 36 heteroatoms. The van der Waals surface area contributed by atoms with Gasteiger partial charge >= 0.3 is 5.97 Å². The third-order valence-corrected chi connectivity index (χ3v) is 14.4. The van der Waals surface area contributed by atoms with E-state index in [4.69, 9.17) is 45.9 Å². The van der Waals surface area contributed by atoms with Crippen molar-refractivity contribution in [1.29, 1.82) is 0 Å². The Morgan fingerprint density at radius 2 is 0.660 bits per heavy atom. The number of nitrogens with two attached hydrogens (primary N) is 8. The minimum absolute atomic E-state index is 0.0174. The van der Waals surface area contributed by atoms with E-state index in [1.165, 1.54) is 13.8 Å². The average Bonchev–Trinajstić information content (AvgIpc) is 0.903. The van der Waals surface area contributed by atoms with Crippen LogP contribution in [0.3, 0.4) is 0 Å². The van der Waals surface area contributed by atoms with Crippen LogP contribution in [-0.4, -0.2) is 202 Å². The molecule has 0 aromatic rings. The molecule has 13 amide bonds. The van der Waals surface area contributed by atoms with E-state index in [-0.39, 0.29) is 102 Å². The van der Waals surface area contributed by atoms with Crippen LogP contribution in [0.2, 0.25) is 0 Å². The van der Waals surface area contributed by atoms with Gasteiger partial charge in [-0.3, -0.25) is 67.3 Å². The number of aliphatic carboxylic acids is 1. The van der Waals surface area contributed by atoms with Gasteiger partial charge in [-0.05, 0) is 128 Å². The first-order chi connectivity index (χ1) is 43.9. The number of unbranched alkanes of at least 4 members (excludes halogenated alkanes) is 2. The minimum atomic E-state index is -1.94. The van der Waals surface area contributed by atoms with Crippen molar-refractivity contribution in [3.8, 4) is 0 Å². The zero-order valence-electron chi connectivity index (χ0n) is 55.3. The monoisotopic (exact) mass is 1340 g/mol. The highest BCUT2D eigenvalue weighted by Crippen LogP contribution is 2.14. The number of amides is 13. The maximum Gasteiger partial charge on any atom is 0.326 e. The molecule has 0 bridgehead atoms. The Morgan fingerprint density at radius 3 is 1.00 bits per heavy atom. The zero-order valence-corrected chi connectivity index (χ0v) is 55.3. The number of aliphatic imine (C=N–C) groups is 1. The average molecular weight is 1340 g/mol. The summed E-state index contributed by atoms with van der Waals surface area (Å²) in [6.07, 6.45) is -4.85. The maximum atomic E-state index is 14.3. The smallest absolute Gasteiger partial charge is 0.326 e. The van der Waals surface area contributed by atoms with Gasteiger partial charge in [-0.2, -0.15) is 0 Å². The van der Waals surface area contributed by atoms with Crippen molar-refractivity contribution in [2.24, 2.45) is 68.6 Å². The molecule has 0 saturated heterocycles. The van der Waals surface area contributed by atoms with Gasteiger partial charge in [0.15, 0.2) is 5.96 Å². The van der Waals surface area contributed by atoms with E-state index >= 15 is 0 Å². The van der Waals surface area contributed by atoms with Gasteiger partial charge in [0, 0.05) is 25.8 Å². The Hall–Kier alpha value is -8.35. The fraction of sp³-hybridized carbons (Fsp3) is 0.741. The molecule has 0 aliphatic rings. The van der Waals surface area contributed by atoms with E-state index in [2.05, 4.69) is 58.2 Å². The predicted molar refractivity (Wildman–Crippen MR) is 343 cm³/mol. The molecule has 13 atom stereocenters. The number of primary amides is 3. The first-order valence-corrected chi connectivity index (χ1v) is 31.6. The summed E-state index contributed by atoms with van der Waals surface area (Å²) >= 11 is 0. The van der Waals surface area contributed by atoms with Crippen LogP contribution in [0.15, 0.2) is 4.99 Å². The highest BCUT2D eigenvalue weighted by Gasteiger charge is 2.39. The second kappa shape index (κ2) is 45.1. The Balaban J connectivity index is 6.99. The van der Waals surface area contributed by atoms with Gasteiger partial charge in [0.05, 0.1) is 18.2 Å². The largest absolute Gasteiger partial charge is 0.480 e. The number of carboxylic acid groups (broad SMARTS) is 1. The minimum Gasteiger partial charge on any atom is -0.480 e. The highest BCUT2D eigenvalue weighted by atomic mass is 16.4.